The van der Waals surface area contributed by atoms with Gasteiger partial charge in [-0.2, -0.15) is 0 Å². The fourth-order valence-corrected chi connectivity index (χ4v) is 19.4. The number of aryl methyl sites for hydroxylation is 6. The first kappa shape index (κ1) is 113. The summed E-state index contributed by atoms with van der Waals surface area (Å²) in [6, 6.07) is 42.1. The summed E-state index contributed by atoms with van der Waals surface area (Å²) in [5, 5.41) is 29.2. The number of nitrogen functional groups attached to an aromatic ring is 4. The molecule has 0 bridgehead atoms. The molecule has 48 heteroatoms. The van der Waals surface area contributed by atoms with E-state index in [1.165, 1.54) is 24.3 Å². The number of fused-ring (bicyclic) bond motifs is 12. The molecule has 0 radical (unpaired) electrons. The highest BCUT2D eigenvalue weighted by Gasteiger charge is 2.30. The molecule has 0 aliphatic heterocycles. The summed E-state index contributed by atoms with van der Waals surface area (Å²) in [7, 11) is -19.4. The van der Waals surface area contributed by atoms with Crippen molar-refractivity contribution in [2.75, 3.05) is 71.3 Å². The van der Waals surface area contributed by atoms with Crippen molar-refractivity contribution in [2.45, 2.75) is 171 Å². The zero-order valence-corrected chi connectivity index (χ0v) is 90.3. The predicted octanol–water partition coefficient (Wildman–Crippen LogP) is 15.3. The van der Waals surface area contributed by atoms with Gasteiger partial charge in [0.05, 0.1) is 92.5 Å². The molecule has 0 saturated heterocycles. The number of carbonyl (C=O) groups is 2. The maximum absolute atomic E-state index is 11.8. The number of imidazole rings is 4. The number of phenolic OH excluding ortho intramolecular Hbond substituents is 2. The Morgan fingerprint density at radius 1 is 0.358 bits per heavy atom. The van der Waals surface area contributed by atoms with Crippen LogP contribution in [0.2, 0.25) is 0 Å². The molecule has 0 aliphatic rings. The molecule has 148 heavy (non-hydrogen) atoms. The molecule has 16 aromatic rings. The lowest BCUT2D eigenvalue weighted by molar-refractivity contribution is -0.119. The Bertz CT molecular complexity index is 7720. The third kappa shape index (κ3) is 29.9. The highest BCUT2D eigenvalue weighted by atomic mass is 127. The summed E-state index contributed by atoms with van der Waals surface area (Å²) in [5.74, 6) is 4.22. The first-order chi connectivity index (χ1) is 70.6. The molecule has 2 amide bonds. The fraction of sp³-hybridized carbons (Fsp3) is 0.340. The van der Waals surface area contributed by atoms with Crippen LogP contribution in [0.4, 0.5) is 23.3 Å². The number of unbranched alkanes of at least 4 members (excludes halogenated alkanes) is 4. The maximum atomic E-state index is 11.8. The number of nitrogens with two attached hydrogens (primary N) is 6. The van der Waals surface area contributed by atoms with Crippen molar-refractivity contribution in [3.63, 3.8) is 0 Å². The van der Waals surface area contributed by atoms with Crippen molar-refractivity contribution in [1.29, 1.82) is 0 Å². The number of nitrogens with zero attached hydrogens (tertiary/aromatic N) is 12. The lowest BCUT2D eigenvalue weighted by Gasteiger charge is -2.17. The second-order valence-electron chi connectivity index (χ2n) is 35.3. The van der Waals surface area contributed by atoms with Crippen molar-refractivity contribution in [1.82, 2.24) is 68.8 Å². The molecular formula is C100H122I2N20O22P4. The first-order valence-corrected chi connectivity index (χ1v) is 57.1. The van der Waals surface area contributed by atoms with Crippen molar-refractivity contribution < 1.29 is 105 Å². The summed E-state index contributed by atoms with van der Waals surface area (Å²) >= 11 is 3.98. The highest BCUT2D eigenvalue weighted by Crippen LogP contribution is 2.47. The van der Waals surface area contributed by atoms with E-state index in [1.54, 1.807) is 31.2 Å². The van der Waals surface area contributed by atoms with E-state index in [0.29, 0.717) is 165 Å². The largest absolute Gasteiger partial charge is 0.524 e. The third-order valence-electron chi connectivity index (χ3n) is 24.0. The smallest absolute Gasteiger partial charge is 0.508 e. The number of benzene rings is 8. The van der Waals surface area contributed by atoms with E-state index in [4.69, 9.17) is 81.9 Å². The number of ether oxygens (including phenoxy) is 2. The molecule has 0 saturated carbocycles. The lowest BCUT2D eigenvalue weighted by atomic mass is 10.1. The second-order valence-corrected chi connectivity index (χ2v) is 41.5. The number of anilines is 4. The Hall–Kier alpha value is -11.9. The topological polar surface area (TPSA) is 663 Å². The molecule has 8 aromatic heterocycles. The molecule has 0 fully saturated rings. The van der Waals surface area contributed by atoms with Gasteiger partial charge in [0.1, 0.15) is 79.9 Å². The van der Waals surface area contributed by atoms with Crippen LogP contribution in [0.15, 0.2) is 146 Å². The number of hydrogen-bond acceptors (Lipinski definition) is 28. The minimum absolute atomic E-state index is 0.0528. The van der Waals surface area contributed by atoms with Gasteiger partial charge in [0, 0.05) is 97.6 Å². The predicted molar refractivity (Wildman–Crippen MR) is 587 cm³/mol. The molecule has 8 heterocycles. The molecule has 0 unspecified atom stereocenters. The average Bonchev–Trinajstić information content (AvgIpc) is 1.57. The van der Waals surface area contributed by atoms with Crippen LogP contribution >= 0.6 is 76.5 Å². The summed E-state index contributed by atoms with van der Waals surface area (Å²) < 4.78 is 85.3. The van der Waals surface area contributed by atoms with Gasteiger partial charge in [-0.15, -0.1) is 0 Å². The van der Waals surface area contributed by atoms with E-state index < -0.39 is 31.3 Å². The SMILES string of the molecule is CCCCc1nc2c(N)nc3cc(CCOCCN)ccc3c2n1Cc1ccc(O)c(C)c1.CCCCc1nc2c(N)nc3cc(CCOCCN)ccc3c2n1Cc1ccc(OP(=O)(O)O)c(C)c1.CCCCc1nc2c(N)nc3ccc(CNC(=O)CI)cc3c2n1Cc1cc(O)ccc1OP(=O)(O)O.CCCCc1nc2c(N)nc3ccc(CNC(=O)CI)cc3c2n1Cc1cc(OP(=O)(O)O)ccc1OP(=O)(O)O. The van der Waals surface area contributed by atoms with Gasteiger partial charge in [-0.05, 0) is 182 Å². The molecule has 16 rings (SSSR count). The minimum atomic E-state index is -4.99. The molecule has 0 aliphatic carbocycles. The number of halogens is 2. The van der Waals surface area contributed by atoms with E-state index in [0.717, 1.165) is 184 Å². The summed E-state index contributed by atoms with van der Waals surface area (Å²) in [5.41, 5.74) is 52.8. The van der Waals surface area contributed by atoms with E-state index >= 15 is 0 Å². The number of phenols is 2. The van der Waals surface area contributed by atoms with Gasteiger partial charge in [-0.3, -0.25) is 48.7 Å². The highest BCUT2D eigenvalue weighted by molar-refractivity contribution is 14.1. The number of rotatable bonds is 44. The van der Waals surface area contributed by atoms with Gasteiger partial charge in [0.15, 0.2) is 23.3 Å². The van der Waals surface area contributed by atoms with Crippen molar-refractivity contribution in [3.05, 3.63) is 225 Å². The summed E-state index contributed by atoms with van der Waals surface area (Å²) in [6.07, 6.45) is 11.9. The molecular weight excluding hydrogens is 2210 g/mol. The Balaban J connectivity index is 0.000000165. The molecule has 8 aromatic carbocycles. The van der Waals surface area contributed by atoms with Crippen molar-refractivity contribution in [2.24, 2.45) is 11.5 Å². The van der Waals surface area contributed by atoms with Gasteiger partial charge in [0.2, 0.25) is 11.8 Å². The molecule has 24 N–H and O–H groups in total. The van der Waals surface area contributed by atoms with Gasteiger partial charge in [-0.1, -0.05) is 159 Å². The number of nitrogens with one attached hydrogen (secondary N) is 2. The number of phosphoric ester groups is 4. The van der Waals surface area contributed by atoms with Crippen LogP contribution in [0, 0.1) is 13.8 Å². The van der Waals surface area contributed by atoms with Gasteiger partial charge < -0.3 is 101 Å². The number of amides is 2. The van der Waals surface area contributed by atoms with Gasteiger partial charge in [-0.25, -0.2) is 58.1 Å². The van der Waals surface area contributed by atoms with Crippen LogP contribution in [0.1, 0.15) is 158 Å². The quantitative estimate of drug-likeness (QED) is 0.00730. The van der Waals surface area contributed by atoms with Crippen molar-refractivity contribution in [3.8, 4) is 34.5 Å². The number of carbonyl (C=O) groups excluding carboxylic acids is 2. The lowest BCUT2D eigenvalue weighted by Crippen LogP contribution is -2.23. The summed E-state index contributed by atoms with van der Waals surface area (Å²) in [4.78, 5) is 136. The van der Waals surface area contributed by atoms with Crippen LogP contribution in [0.3, 0.4) is 0 Å². The van der Waals surface area contributed by atoms with Crippen LogP contribution in [0.25, 0.3) is 87.7 Å². The first-order valence-electron chi connectivity index (χ1n) is 47.9. The normalized spacial score (nSPS) is 11.9. The Kier molecular flexibility index (Phi) is 39.1. The van der Waals surface area contributed by atoms with Crippen LogP contribution in [0.5, 0.6) is 34.5 Å². The zero-order valence-electron chi connectivity index (χ0n) is 82.4. The molecule has 788 valence electrons. The Labute approximate surface area is 879 Å². The average molecular weight is 2330 g/mol. The number of aromatic nitrogens is 12. The van der Waals surface area contributed by atoms with Crippen molar-refractivity contribution >= 4 is 199 Å². The Morgan fingerprint density at radius 3 is 1.08 bits per heavy atom. The van der Waals surface area contributed by atoms with E-state index in [9.17, 15) is 77.2 Å². The molecule has 42 nitrogen and oxygen atoms in total. The van der Waals surface area contributed by atoms with Gasteiger partial charge >= 0.3 is 31.3 Å². The maximum Gasteiger partial charge on any atom is 0.524 e. The van der Waals surface area contributed by atoms with Crippen LogP contribution < -0.4 is 63.1 Å². The summed E-state index contributed by atoms with van der Waals surface area (Å²) in [6.45, 7) is 17.2. The van der Waals surface area contributed by atoms with E-state index in [2.05, 4.69) is 90.8 Å². The number of alkyl halides is 2. The number of hydrogen-bond donors (Lipinski definition) is 18. The molecule has 0 atom stereocenters. The standard InChI is InChI=1S/C26H34N5O5P.C26H33N5O2.C24H28IN5O9P2.C24H27IN5O6P/c1-3-4-5-23-30-24-25(31(23)16-19-7-9-22(17(2)14-19)36-37(32,33)34)20-8-6-18(10-12-35-13-11-27)15-21(20)29-26(24)28;1-3-4-5-23-30-24-25(31(23)16-19-7-9-22(32)17(2)14-19)20-8-6-18(10-12-33-13-11-27)15-21(20)29-26(24)28;1-2-3-4-20-29-22-23(17-9-14(12-27-21(31)11-25)5-7-18(17)28-24(22)26)30(20)13-15-10-16(38-40(32,33)34)6-8-19(15)39-41(35,36)37;1-2-3-4-20-29-22-23(30(20)13-15-10-16(31)6-8-19(15)36-37(33,34)35)17-9-14(12-27-21(32)11-25)5-7-18(17)28-24(22)26/h6-9,14-15H,3-5,10-13,16,27H2,1-2H3,(H2,28,29)(H2,32,33,34);6-9,14-15,32H,3-5,10-13,16,27H2,1-2H3,(H2,28,29);5-10H,2-4,11-13H2,1H3,(H2,26,28)(H,27,31)(H2,32,33,34)(H2,35,36,37);5-10,31H,2-4,11-13H2,1H3,(H2,26,28)(H,27,32)(H2,33,34,35). The van der Waals surface area contributed by atoms with Crippen LogP contribution in [-0.2, 0) is 115 Å². The number of aromatic hydroxyl groups is 2. The van der Waals surface area contributed by atoms with Gasteiger partial charge in [0.25, 0.3) is 0 Å². The monoisotopic (exact) mass is 2330 g/mol. The molecule has 0 spiro atoms. The fourth-order valence-electron chi connectivity index (χ4n) is 17.1. The third-order valence-corrected chi connectivity index (χ3v) is 27.1. The van der Waals surface area contributed by atoms with Crippen LogP contribution in [-0.4, -0.2) is 168 Å². The Morgan fingerprint density at radius 2 is 0.703 bits per heavy atom. The second kappa shape index (κ2) is 51.1. The minimum Gasteiger partial charge on any atom is -0.508 e. The van der Waals surface area contributed by atoms with E-state index in [1.807, 2.05) is 123 Å². The number of phosphoric acid groups is 4. The number of pyridine rings is 4. The zero-order chi connectivity index (χ0) is 107. The van der Waals surface area contributed by atoms with E-state index in [-0.39, 0.29) is 77.4 Å².